The summed E-state index contributed by atoms with van der Waals surface area (Å²) in [5.41, 5.74) is 1.76. The maximum Gasteiger partial charge on any atom is 0.283 e. The van der Waals surface area contributed by atoms with Crippen LogP contribution in [-0.2, 0) is 8.23 Å². The fourth-order valence-corrected chi connectivity index (χ4v) is 7.24. The van der Waals surface area contributed by atoms with E-state index >= 15 is 0 Å². The second-order valence-electron chi connectivity index (χ2n) is 5.82. The summed E-state index contributed by atoms with van der Waals surface area (Å²) in [6.45, 7) is 4.68. The van der Waals surface area contributed by atoms with Crippen molar-refractivity contribution in [1.82, 2.24) is 0 Å². The SMILES string of the molecule is C[Si](C)(CCC1=CC2CCC1C2)O[SiH2]O[SiH3]. The standard InChI is InChI=1S/C11H24O2Si3/c1-16(2,13-15-12-14)6-5-11-8-9-3-4-10(11)7-9/h8-10H,3-7,15H2,1-2,14H3. The summed E-state index contributed by atoms with van der Waals surface area (Å²) in [5.74, 6) is 1.88. The minimum Gasteiger partial charge on any atom is -0.449 e. The zero-order valence-electron chi connectivity index (χ0n) is 10.8. The van der Waals surface area contributed by atoms with E-state index in [1.807, 2.05) is 0 Å². The number of fused-ring (bicyclic) bond motifs is 2. The van der Waals surface area contributed by atoms with Gasteiger partial charge in [0.15, 0.2) is 8.32 Å². The summed E-state index contributed by atoms with van der Waals surface area (Å²) in [6, 6.07) is 1.29. The molecule has 0 saturated heterocycles. The van der Waals surface area contributed by atoms with Crippen molar-refractivity contribution in [1.29, 1.82) is 0 Å². The van der Waals surface area contributed by atoms with Crippen LogP contribution in [0.2, 0.25) is 19.1 Å². The van der Waals surface area contributed by atoms with E-state index in [0.717, 1.165) is 22.3 Å². The van der Waals surface area contributed by atoms with Crippen LogP contribution < -0.4 is 0 Å². The van der Waals surface area contributed by atoms with Crippen molar-refractivity contribution in [2.75, 3.05) is 0 Å². The highest BCUT2D eigenvalue weighted by Crippen LogP contribution is 2.45. The van der Waals surface area contributed by atoms with Gasteiger partial charge in [-0.3, -0.25) is 0 Å². The molecule has 2 aliphatic rings. The molecule has 1 fully saturated rings. The molecule has 16 heavy (non-hydrogen) atoms. The van der Waals surface area contributed by atoms with Gasteiger partial charge in [-0.05, 0) is 56.7 Å². The predicted molar refractivity (Wildman–Crippen MR) is 76.5 cm³/mol. The molecule has 92 valence electrons. The minimum absolute atomic E-state index is 0.630. The van der Waals surface area contributed by atoms with Crippen molar-refractivity contribution < 1.29 is 8.23 Å². The van der Waals surface area contributed by atoms with Gasteiger partial charge in [0.1, 0.15) is 10.5 Å². The average molecular weight is 273 g/mol. The number of allylic oxidation sites excluding steroid dienone is 2. The van der Waals surface area contributed by atoms with E-state index in [0.29, 0.717) is 0 Å². The van der Waals surface area contributed by atoms with Gasteiger partial charge >= 0.3 is 0 Å². The molecular weight excluding hydrogens is 248 g/mol. The van der Waals surface area contributed by atoms with Crippen molar-refractivity contribution in [2.24, 2.45) is 11.8 Å². The molecule has 2 aliphatic carbocycles. The fraction of sp³-hybridized carbons (Fsp3) is 0.818. The minimum atomic E-state index is -1.40. The van der Waals surface area contributed by atoms with Crippen molar-refractivity contribution in [3.63, 3.8) is 0 Å². The maximum absolute atomic E-state index is 5.98. The van der Waals surface area contributed by atoms with E-state index in [-0.39, 0.29) is 0 Å². The predicted octanol–water partition coefficient (Wildman–Crippen LogP) is 1.25. The fourth-order valence-electron chi connectivity index (χ4n) is 2.97. The molecule has 2 nitrogen and oxygen atoms in total. The first kappa shape index (κ1) is 12.8. The number of rotatable bonds is 6. The summed E-state index contributed by atoms with van der Waals surface area (Å²) in [7, 11) is -1.19. The molecule has 0 aromatic rings. The van der Waals surface area contributed by atoms with Crippen LogP contribution >= 0.6 is 0 Å². The van der Waals surface area contributed by atoms with E-state index in [1.54, 1.807) is 5.57 Å². The van der Waals surface area contributed by atoms with Crippen LogP contribution in [-0.4, -0.2) is 28.8 Å². The van der Waals surface area contributed by atoms with Crippen molar-refractivity contribution in [3.8, 4) is 0 Å². The molecule has 2 bridgehead atoms. The Morgan fingerprint density at radius 2 is 2.31 bits per heavy atom. The quantitative estimate of drug-likeness (QED) is 0.535. The summed E-state index contributed by atoms with van der Waals surface area (Å²) in [4.78, 5) is 0. The first-order chi connectivity index (χ1) is 7.61. The third kappa shape index (κ3) is 3.16. The molecule has 2 atom stereocenters. The molecular formula is C11H24O2Si3. The summed E-state index contributed by atoms with van der Waals surface area (Å²) < 4.78 is 11.3. The number of hydrogen-bond acceptors (Lipinski definition) is 2. The largest absolute Gasteiger partial charge is 0.449 e. The van der Waals surface area contributed by atoms with Gasteiger partial charge in [0.05, 0.1) is 0 Å². The Balaban J connectivity index is 1.77. The van der Waals surface area contributed by atoms with E-state index in [2.05, 4.69) is 19.2 Å². The Labute approximate surface area is 106 Å². The Hall–Kier alpha value is 0.311. The van der Waals surface area contributed by atoms with Gasteiger partial charge in [-0.25, -0.2) is 0 Å². The molecule has 0 radical (unpaired) electrons. The van der Waals surface area contributed by atoms with Gasteiger partial charge in [-0.1, -0.05) is 11.6 Å². The van der Waals surface area contributed by atoms with Crippen LogP contribution in [0.1, 0.15) is 25.7 Å². The lowest BCUT2D eigenvalue weighted by Gasteiger charge is -2.24. The van der Waals surface area contributed by atoms with Gasteiger partial charge in [0.2, 0.25) is 0 Å². The Morgan fingerprint density at radius 1 is 1.50 bits per heavy atom. The molecule has 2 unspecified atom stereocenters. The lowest BCUT2D eigenvalue weighted by atomic mass is 9.97. The molecule has 0 amide bonds. The summed E-state index contributed by atoms with van der Waals surface area (Å²) in [5, 5.41) is 0. The van der Waals surface area contributed by atoms with E-state index in [9.17, 15) is 0 Å². The second kappa shape index (κ2) is 5.31. The van der Waals surface area contributed by atoms with E-state index < -0.39 is 18.3 Å². The monoisotopic (exact) mass is 272 g/mol. The summed E-state index contributed by atoms with van der Waals surface area (Å²) >= 11 is 0. The van der Waals surface area contributed by atoms with Crippen molar-refractivity contribution in [3.05, 3.63) is 11.6 Å². The zero-order valence-corrected chi connectivity index (χ0v) is 15.2. The molecule has 0 heterocycles. The molecule has 0 aromatic heterocycles. The zero-order chi connectivity index (χ0) is 11.6. The van der Waals surface area contributed by atoms with Gasteiger partial charge in [0, 0.05) is 0 Å². The molecule has 2 rings (SSSR count). The molecule has 5 heteroatoms. The van der Waals surface area contributed by atoms with Crippen LogP contribution in [0.3, 0.4) is 0 Å². The highest BCUT2D eigenvalue weighted by atomic mass is 28.4. The third-order valence-corrected chi connectivity index (χ3v) is 10.0. The van der Waals surface area contributed by atoms with Crippen LogP contribution in [0, 0.1) is 11.8 Å². The van der Waals surface area contributed by atoms with Gasteiger partial charge < -0.3 is 8.23 Å². The van der Waals surface area contributed by atoms with Crippen LogP contribution in [0.25, 0.3) is 0 Å². The van der Waals surface area contributed by atoms with Gasteiger partial charge in [-0.15, -0.1) is 0 Å². The molecule has 0 spiro atoms. The molecule has 0 aromatic carbocycles. The van der Waals surface area contributed by atoms with Gasteiger partial charge in [0.25, 0.3) is 10.0 Å². The molecule has 0 aliphatic heterocycles. The first-order valence-corrected chi connectivity index (χ1v) is 11.5. The van der Waals surface area contributed by atoms with Crippen LogP contribution in [0.5, 0.6) is 0 Å². The number of hydrogen-bond donors (Lipinski definition) is 0. The lowest BCUT2D eigenvalue weighted by molar-refractivity contribution is 0.474. The maximum atomic E-state index is 5.98. The molecule has 0 N–H and O–H groups in total. The Morgan fingerprint density at radius 3 is 2.88 bits per heavy atom. The first-order valence-electron chi connectivity index (χ1n) is 6.44. The third-order valence-electron chi connectivity index (χ3n) is 4.03. The second-order valence-corrected chi connectivity index (χ2v) is 13.5. The van der Waals surface area contributed by atoms with Crippen LogP contribution in [0.15, 0.2) is 11.6 Å². The molecule has 1 saturated carbocycles. The highest BCUT2D eigenvalue weighted by Gasteiger charge is 2.33. The smallest absolute Gasteiger partial charge is 0.283 e. The highest BCUT2D eigenvalue weighted by molar-refractivity contribution is 6.74. The topological polar surface area (TPSA) is 18.5 Å². The van der Waals surface area contributed by atoms with Crippen molar-refractivity contribution >= 4 is 28.8 Å². The Bertz CT molecular complexity index is 278. The van der Waals surface area contributed by atoms with Gasteiger partial charge in [-0.2, -0.15) is 0 Å². The van der Waals surface area contributed by atoms with E-state index in [4.69, 9.17) is 8.23 Å². The average Bonchev–Trinajstić information content (AvgIpc) is 2.85. The Kier molecular flexibility index (Phi) is 4.23. The van der Waals surface area contributed by atoms with Crippen molar-refractivity contribution in [2.45, 2.75) is 44.8 Å². The summed E-state index contributed by atoms with van der Waals surface area (Å²) in [6.07, 6.45) is 8.23. The van der Waals surface area contributed by atoms with E-state index in [1.165, 1.54) is 31.7 Å². The lowest BCUT2D eigenvalue weighted by Crippen LogP contribution is -2.32. The normalized spacial score (nSPS) is 29.5. The van der Waals surface area contributed by atoms with Crippen LogP contribution in [0.4, 0.5) is 0 Å².